The molecule has 1 amide bonds. The highest BCUT2D eigenvalue weighted by atomic mass is 79.9. The SMILES string of the molecule is COC(=O)c1cc(Br)ccc1NC(=O)c1c(C)noc1C. The van der Waals surface area contributed by atoms with E-state index in [2.05, 4.69) is 26.4 Å². The van der Waals surface area contributed by atoms with Crippen LogP contribution in [0.4, 0.5) is 5.69 Å². The molecule has 6 nitrogen and oxygen atoms in total. The van der Waals surface area contributed by atoms with Gasteiger partial charge in [-0.1, -0.05) is 21.1 Å². The summed E-state index contributed by atoms with van der Waals surface area (Å²) >= 11 is 3.28. The molecule has 2 aromatic rings. The average Bonchev–Trinajstić information content (AvgIpc) is 2.79. The van der Waals surface area contributed by atoms with E-state index >= 15 is 0 Å². The molecule has 0 aliphatic carbocycles. The number of esters is 1. The number of rotatable bonds is 3. The third-order valence-electron chi connectivity index (χ3n) is 2.90. The van der Waals surface area contributed by atoms with Crippen LogP contribution >= 0.6 is 15.9 Å². The van der Waals surface area contributed by atoms with Gasteiger partial charge in [0, 0.05) is 4.47 Å². The van der Waals surface area contributed by atoms with E-state index in [-0.39, 0.29) is 5.56 Å². The lowest BCUT2D eigenvalue weighted by molar-refractivity contribution is 0.0602. The zero-order valence-corrected chi connectivity index (χ0v) is 13.3. The molecule has 0 fully saturated rings. The van der Waals surface area contributed by atoms with Crippen molar-refractivity contribution in [2.75, 3.05) is 12.4 Å². The Morgan fingerprint density at radius 1 is 1.33 bits per heavy atom. The summed E-state index contributed by atoms with van der Waals surface area (Å²) in [5.41, 5.74) is 1.46. The maximum absolute atomic E-state index is 12.3. The summed E-state index contributed by atoms with van der Waals surface area (Å²) in [5, 5.41) is 6.41. The van der Waals surface area contributed by atoms with Gasteiger partial charge in [0.2, 0.25) is 0 Å². The van der Waals surface area contributed by atoms with Gasteiger partial charge in [-0.2, -0.15) is 0 Å². The summed E-state index contributed by atoms with van der Waals surface area (Å²) in [6.07, 6.45) is 0. The number of carbonyl (C=O) groups excluding carboxylic acids is 2. The highest BCUT2D eigenvalue weighted by Crippen LogP contribution is 2.23. The number of benzene rings is 1. The molecule has 7 heteroatoms. The Kier molecular flexibility index (Phi) is 4.42. The molecule has 0 aliphatic heterocycles. The number of amides is 1. The van der Waals surface area contributed by atoms with Crippen LogP contribution in [-0.2, 0) is 4.74 Å². The summed E-state index contributed by atoms with van der Waals surface area (Å²) in [4.78, 5) is 24.1. The standard InChI is InChI=1S/C14H13BrN2O4/c1-7-12(8(2)21-17-7)13(18)16-11-5-4-9(15)6-10(11)14(19)20-3/h4-6H,1-3H3,(H,16,18). The number of halogens is 1. The summed E-state index contributed by atoms with van der Waals surface area (Å²) in [5.74, 6) is -0.509. The fourth-order valence-electron chi connectivity index (χ4n) is 1.90. The molecular formula is C14H13BrN2O4. The van der Waals surface area contributed by atoms with Crippen molar-refractivity contribution in [3.8, 4) is 0 Å². The van der Waals surface area contributed by atoms with Crippen LogP contribution in [0.1, 0.15) is 32.2 Å². The van der Waals surface area contributed by atoms with Gasteiger partial charge in [0.25, 0.3) is 5.91 Å². The predicted molar refractivity (Wildman–Crippen MR) is 79.4 cm³/mol. The van der Waals surface area contributed by atoms with Gasteiger partial charge < -0.3 is 14.6 Å². The zero-order valence-electron chi connectivity index (χ0n) is 11.7. The number of ether oxygens (including phenoxy) is 1. The summed E-state index contributed by atoms with van der Waals surface area (Å²) in [6.45, 7) is 3.33. The van der Waals surface area contributed by atoms with Crippen molar-refractivity contribution in [3.63, 3.8) is 0 Å². The Labute approximate surface area is 129 Å². The van der Waals surface area contributed by atoms with Crippen molar-refractivity contribution in [2.45, 2.75) is 13.8 Å². The van der Waals surface area contributed by atoms with Crippen LogP contribution in [0.5, 0.6) is 0 Å². The van der Waals surface area contributed by atoms with E-state index in [1.165, 1.54) is 7.11 Å². The molecule has 110 valence electrons. The van der Waals surface area contributed by atoms with Gasteiger partial charge >= 0.3 is 5.97 Å². The number of aryl methyl sites for hydroxylation is 2. The fraction of sp³-hybridized carbons (Fsp3) is 0.214. The number of aromatic nitrogens is 1. The number of methoxy groups -OCH3 is 1. The summed E-state index contributed by atoms with van der Waals surface area (Å²) < 4.78 is 10.4. The van der Waals surface area contributed by atoms with Crippen LogP contribution < -0.4 is 5.32 Å². The lowest BCUT2D eigenvalue weighted by Gasteiger charge is -2.10. The molecule has 0 spiro atoms. The second kappa shape index (κ2) is 6.09. The summed E-state index contributed by atoms with van der Waals surface area (Å²) in [7, 11) is 1.28. The maximum atomic E-state index is 12.3. The molecule has 0 saturated heterocycles. The minimum atomic E-state index is -0.537. The Bertz CT molecular complexity index is 689. The van der Waals surface area contributed by atoms with Crippen LogP contribution in [0.2, 0.25) is 0 Å². The lowest BCUT2D eigenvalue weighted by Crippen LogP contribution is -2.16. The second-order valence-corrected chi connectivity index (χ2v) is 5.25. The quantitative estimate of drug-likeness (QED) is 0.858. The Morgan fingerprint density at radius 2 is 2.05 bits per heavy atom. The van der Waals surface area contributed by atoms with Gasteiger partial charge in [-0.3, -0.25) is 4.79 Å². The smallest absolute Gasteiger partial charge is 0.340 e. The Morgan fingerprint density at radius 3 is 2.62 bits per heavy atom. The first-order chi connectivity index (χ1) is 9.93. The van der Waals surface area contributed by atoms with Crippen molar-refractivity contribution in [3.05, 3.63) is 45.3 Å². The number of hydrogen-bond acceptors (Lipinski definition) is 5. The van der Waals surface area contributed by atoms with Crippen molar-refractivity contribution in [1.29, 1.82) is 0 Å². The highest BCUT2D eigenvalue weighted by molar-refractivity contribution is 9.10. The van der Waals surface area contributed by atoms with Crippen molar-refractivity contribution in [2.24, 2.45) is 0 Å². The molecule has 0 saturated carbocycles. The van der Waals surface area contributed by atoms with Crippen LogP contribution in [0.15, 0.2) is 27.2 Å². The Hall–Kier alpha value is -2.15. The molecule has 21 heavy (non-hydrogen) atoms. The van der Waals surface area contributed by atoms with Crippen molar-refractivity contribution < 1.29 is 18.8 Å². The van der Waals surface area contributed by atoms with Crippen LogP contribution in [0, 0.1) is 13.8 Å². The molecule has 1 aromatic heterocycles. The molecule has 1 aromatic carbocycles. The van der Waals surface area contributed by atoms with E-state index in [9.17, 15) is 9.59 Å². The largest absolute Gasteiger partial charge is 0.465 e. The normalized spacial score (nSPS) is 10.3. The molecule has 1 heterocycles. The molecular weight excluding hydrogens is 340 g/mol. The first-order valence-electron chi connectivity index (χ1n) is 6.06. The summed E-state index contributed by atoms with van der Waals surface area (Å²) in [6, 6.07) is 4.91. The molecule has 0 aliphatic rings. The van der Waals surface area contributed by atoms with E-state index in [1.54, 1.807) is 32.0 Å². The fourth-order valence-corrected chi connectivity index (χ4v) is 2.26. The van der Waals surface area contributed by atoms with Gasteiger partial charge in [0.05, 0.1) is 24.1 Å². The second-order valence-electron chi connectivity index (χ2n) is 4.33. The number of carbonyl (C=O) groups is 2. The van der Waals surface area contributed by atoms with Gasteiger partial charge in [-0.15, -0.1) is 0 Å². The van der Waals surface area contributed by atoms with E-state index in [0.717, 1.165) is 0 Å². The topological polar surface area (TPSA) is 81.4 Å². The predicted octanol–water partition coefficient (Wildman–Crippen LogP) is 3.09. The number of nitrogens with one attached hydrogen (secondary N) is 1. The van der Waals surface area contributed by atoms with E-state index in [0.29, 0.717) is 27.2 Å². The van der Waals surface area contributed by atoms with Crippen molar-refractivity contribution >= 4 is 33.5 Å². The molecule has 0 unspecified atom stereocenters. The average molecular weight is 353 g/mol. The molecule has 0 atom stereocenters. The molecule has 1 N–H and O–H groups in total. The first kappa shape index (κ1) is 15.2. The lowest BCUT2D eigenvalue weighted by atomic mass is 10.1. The minimum Gasteiger partial charge on any atom is -0.465 e. The van der Waals surface area contributed by atoms with Gasteiger partial charge in [-0.05, 0) is 32.0 Å². The Balaban J connectivity index is 2.36. The minimum absolute atomic E-state index is 0.256. The van der Waals surface area contributed by atoms with Crippen LogP contribution in [0.3, 0.4) is 0 Å². The molecule has 0 radical (unpaired) electrons. The van der Waals surface area contributed by atoms with Crippen LogP contribution in [-0.4, -0.2) is 24.1 Å². The number of anilines is 1. The highest BCUT2D eigenvalue weighted by Gasteiger charge is 2.20. The van der Waals surface area contributed by atoms with E-state index in [4.69, 9.17) is 9.26 Å². The third-order valence-corrected chi connectivity index (χ3v) is 3.39. The van der Waals surface area contributed by atoms with Gasteiger partial charge in [0.15, 0.2) is 0 Å². The number of hydrogen-bond donors (Lipinski definition) is 1. The van der Waals surface area contributed by atoms with Crippen LogP contribution in [0.25, 0.3) is 0 Å². The zero-order chi connectivity index (χ0) is 15.6. The maximum Gasteiger partial charge on any atom is 0.340 e. The van der Waals surface area contributed by atoms with Crippen molar-refractivity contribution in [1.82, 2.24) is 5.16 Å². The molecule has 0 bridgehead atoms. The third kappa shape index (κ3) is 3.13. The van der Waals surface area contributed by atoms with E-state index in [1.807, 2.05) is 0 Å². The van der Waals surface area contributed by atoms with Gasteiger partial charge in [-0.25, -0.2) is 4.79 Å². The number of nitrogens with zero attached hydrogens (tertiary/aromatic N) is 1. The van der Waals surface area contributed by atoms with Gasteiger partial charge in [0.1, 0.15) is 11.3 Å². The van der Waals surface area contributed by atoms with E-state index < -0.39 is 11.9 Å². The monoisotopic (exact) mass is 352 g/mol. The molecule has 2 rings (SSSR count). The first-order valence-corrected chi connectivity index (χ1v) is 6.85.